The fourth-order valence-electron chi connectivity index (χ4n) is 3.11. The van der Waals surface area contributed by atoms with E-state index in [1.54, 1.807) is 18.6 Å². The second kappa shape index (κ2) is 8.00. The lowest BCUT2D eigenvalue weighted by Gasteiger charge is -2.10. The lowest BCUT2D eigenvalue weighted by atomic mass is 10.2. The SMILES string of the molecule is c1ccc(COc2ccc(Nc3ncnc4cnc(-c5ncc[nH]5)cc34)cc2)cc1. The van der Waals surface area contributed by atoms with E-state index in [2.05, 4.69) is 30.2 Å². The Hall–Kier alpha value is -4.26. The Labute approximate surface area is 172 Å². The molecule has 7 heteroatoms. The molecule has 30 heavy (non-hydrogen) atoms. The molecule has 0 amide bonds. The Morgan fingerprint density at radius 2 is 1.77 bits per heavy atom. The predicted octanol–water partition coefficient (Wildman–Crippen LogP) is 4.74. The number of ether oxygens (including phenoxy) is 1. The lowest BCUT2D eigenvalue weighted by Crippen LogP contribution is -1.98. The van der Waals surface area contributed by atoms with Crippen molar-refractivity contribution >= 4 is 22.4 Å². The zero-order chi connectivity index (χ0) is 20.2. The van der Waals surface area contributed by atoms with Gasteiger partial charge in [0.05, 0.1) is 11.7 Å². The van der Waals surface area contributed by atoms with E-state index >= 15 is 0 Å². The van der Waals surface area contributed by atoms with Crippen LogP contribution in [0.4, 0.5) is 11.5 Å². The highest BCUT2D eigenvalue weighted by Gasteiger charge is 2.09. The average Bonchev–Trinajstić information content (AvgIpc) is 3.34. The maximum atomic E-state index is 5.85. The first-order chi connectivity index (χ1) is 14.8. The zero-order valence-electron chi connectivity index (χ0n) is 16.0. The highest BCUT2D eigenvalue weighted by molar-refractivity contribution is 5.92. The van der Waals surface area contributed by atoms with Crippen molar-refractivity contribution < 1.29 is 4.74 Å². The number of benzene rings is 2. The van der Waals surface area contributed by atoms with Crippen LogP contribution in [-0.2, 0) is 6.61 Å². The number of H-pyrrole nitrogens is 1. The number of fused-ring (bicyclic) bond motifs is 1. The third kappa shape index (κ3) is 3.81. The molecule has 0 saturated carbocycles. The number of aromatic nitrogens is 5. The van der Waals surface area contributed by atoms with E-state index in [0.29, 0.717) is 18.2 Å². The number of rotatable bonds is 6. The molecule has 5 aromatic rings. The molecule has 146 valence electrons. The van der Waals surface area contributed by atoms with Crippen molar-refractivity contribution in [2.24, 2.45) is 0 Å². The smallest absolute Gasteiger partial charge is 0.155 e. The van der Waals surface area contributed by atoms with Crippen LogP contribution >= 0.6 is 0 Å². The minimum Gasteiger partial charge on any atom is -0.489 e. The first kappa shape index (κ1) is 17.8. The van der Waals surface area contributed by atoms with Gasteiger partial charge in [-0.3, -0.25) is 4.98 Å². The summed E-state index contributed by atoms with van der Waals surface area (Å²) in [6, 6.07) is 19.8. The van der Waals surface area contributed by atoms with Crippen LogP contribution in [0.5, 0.6) is 5.75 Å². The van der Waals surface area contributed by atoms with Crippen LogP contribution in [0.1, 0.15) is 5.56 Å². The van der Waals surface area contributed by atoms with E-state index in [9.17, 15) is 0 Å². The minimum absolute atomic E-state index is 0.534. The summed E-state index contributed by atoms with van der Waals surface area (Å²) in [6.45, 7) is 0.534. The largest absolute Gasteiger partial charge is 0.489 e. The Bertz CT molecular complexity index is 1250. The van der Waals surface area contributed by atoms with Crippen LogP contribution < -0.4 is 10.1 Å². The molecular formula is C23H18N6O. The minimum atomic E-state index is 0.534. The molecule has 2 N–H and O–H groups in total. The van der Waals surface area contributed by atoms with Crippen molar-refractivity contribution in [1.29, 1.82) is 0 Å². The van der Waals surface area contributed by atoms with Crippen molar-refractivity contribution in [3.8, 4) is 17.3 Å². The van der Waals surface area contributed by atoms with Crippen LogP contribution in [0, 0.1) is 0 Å². The van der Waals surface area contributed by atoms with Gasteiger partial charge >= 0.3 is 0 Å². The molecule has 7 nitrogen and oxygen atoms in total. The zero-order valence-corrected chi connectivity index (χ0v) is 16.0. The van der Waals surface area contributed by atoms with E-state index < -0.39 is 0 Å². The van der Waals surface area contributed by atoms with Crippen molar-refractivity contribution in [2.75, 3.05) is 5.32 Å². The van der Waals surface area contributed by atoms with Crippen LogP contribution in [0.15, 0.2) is 85.6 Å². The summed E-state index contributed by atoms with van der Waals surface area (Å²) < 4.78 is 5.85. The first-order valence-electron chi connectivity index (χ1n) is 9.49. The number of hydrogen-bond donors (Lipinski definition) is 2. The van der Waals surface area contributed by atoms with Gasteiger partial charge < -0.3 is 15.0 Å². The van der Waals surface area contributed by atoms with Gasteiger partial charge in [-0.05, 0) is 35.9 Å². The standard InChI is InChI=1S/C23H18N6O/c1-2-4-16(5-3-1)14-30-18-8-6-17(7-9-18)29-22-19-12-20(23-24-10-11-25-23)26-13-21(19)27-15-28-22/h1-13,15H,14H2,(H,24,25)(H,27,28,29). The van der Waals surface area contributed by atoms with Gasteiger partial charge in [0.25, 0.3) is 0 Å². The summed E-state index contributed by atoms with van der Waals surface area (Å²) in [4.78, 5) is 20.5. The maximum Gasteiger partial charge on any atom is 0.155 e. The van der Waals surface area contributed by atoms with Gasteiger partial charge in [0.2, 0.25) is 0 Å². The first-order valence-corrected chi connectivity index (χ1v) is 9.49. The average molecular weight is 394 g/mol. The summed E-state index contributed by atoms with van der Waals surface area (Å²) in [5.41, 5.74) is 3.52. The van der Waals surface area contributed by atoms with Crippen LogP contribution in [0.3, 0.4) is 0 Å². The molecule has 0 spiro atoms. The third-order valence-electron chi connectivity index (χ3n) is 4.63. The van der Waals surface area contributed by atoms with E-state index in [1.807, 2.05) is 60.7 Å². The van der Waals surface area contributed by atoms with Crippen LogP contribution in [-0.4, -0.2) is 24.9 Å². The maximum absolute atomic E-state index is 5.85. The number of anilines is 2. The number of nitrogens with zero attached hydrogens (tertiary/aromatic N) is 4. The molecule has 0 bridgehead atoms. The van der Waals surface area contributed by atoms with Crippen molar-refractivity contribution in [1.82, 2.24) is 24.9 Å². The van der Waals surface area contributed by atoms with Gasteiger partial charge in [0, 0.05) is 23.5 Å². The molecule has 0 radical (unpaired) electrons. The number of hydrogen-bond acceptors (Lipinski definition) is 6. The van der Waals surface area contributed by atoms with Gasteiger partial charge in [0.1, 0.15) is 30.2 Å². The third-order valence-corrected chi connectivity index (χ3v) is 4.63. The molecule has 0 aliphatic heterocycles. The van der Waals surface area contributed by atoms with Crippen molar-refractivity contribution in [3.05, 3.63) is 91.1 Å². The lowest BCUT2D eigenvalue weighted by molar-refractivity contribution is 0.306. The fraction of sp³-hybridized carbons (Fsp3) is 0.0435. The number of pyridine rings is 1. The molecule has 0 saturated heterocycles. The van der Waals surface area contributed by atoms with Gasteiger partial charge in [-0.1, -0.05) is 30.3 Å². The summed E-state index contributed by atoms with van der Waals surface area (Å²) >= 11 is 0. The van der Waals surface area contributed by atoms with Crippen LogP contribution in [0.2, 0.25) is 0 Å². The fourth-order valence-corrected chi connectivity index (χ4v) is 3.11. The highest BCUT2D eigenvalue weighted by atomic mass is 16.5. The summed E-state index contributed by atoms with van der Waals surface area (Å²) in [5, 5.41) is 4.22. The Kier molecular flexibility index (Phi) is 4.75. The molecule has 0 aliphatic rings. The quantitative estimate of drug-likeness (QED) is 0.433. The Morgan fingerprint density at radius 3 is 2.57 bits per heavy atom. The van der Waals surface area contributed by atoms with Crippen molar-refractivity contribution in [2.45, 2.75) is 6.61 Å². The summed E-state index contributed by atoms with van der Waals surface area (Å²) in [7, 11) is 0. The Balaban J connectivity index is 1.35. The molecule has 0 aliphatic carbocycles. The summed E-state index contributed by atoms with van der Waals surface area (Å²) in [5.74, 6) is 2.21. The van der Waals surface area contributed by atoms with Gasteiger partial charge in [-0.2, -0.15) is 0 Å². The predicted molar refractivity (Wildman–Crippen MR) is 115 cm³/mol. The highest BCUT2D eigenvalue weighted by Crippen LogP contribution is 2.26. The molecular weight excluding hydrogens is 376 g/mol. The van der Waals surface area contributed by atoms with E-state index in [-0.39, 0.29) is 0 Å². The van der Waals surface area contributed by atoms with E-state index in [1.165, 1.54) is 6.33 Å². The molecule has 2 aromatic carbocycles. The monoisotopic (exact) mass is 394 g/mol. The van der Waals surface area contributed by atoms with Crippen LogP contribution in [0.25, 0.3) is 22.4 Å². The molecule has 0 atom stereocenters. The molecule has 0 unspecified atom stereocenters. The second-order valence-electron chi connectivity index (χ2n) is 6.67. The van der Waals surface area contributed by atoms with E-state index in [0.717, 1.165) is 33.6 Å². The molecule has 5 rings (SSSR count). The Morgan fingerprint density at radius 1 is 0.900 bits per heavy atom. The van der Waals surface area contributed by atoms with E-state index in [4.69, 9.17) is 4.74 Å². The van der Waals surface area contributed by atoms with Gasteiger partial charge in [-0.15, -0.1) is 0 Å². The molecule has 0 fully saturated rings. The second-order valence-corrected chi connectivity index (χ2v) is 6.67. The molecule has 3 aromatic heterocycles. The van der Waals surface area contributed by atoms with Gasteiger partial charge in [-0.25, -0.2) is 15.0 Å². The molecule has 3 heterocycles. The van der Waals surface area contributed by atoms with Crippen molar-refractivity contribution in [3.63, 3.8) is 0 Å². The normalized spacial score (nSPS) is 10.8. The number of nitrogens with one attached hydrogen (secondary N) is 2. The number of aromatic amines is 1. The van der Waals surface area contributed by atoms with Gasteiger partial charge in [0.15, 0.2) is 5.82 Å². The summed E-state index contributed by atoms with van der Waals surface area (Å²) in [6.07, 6.45) is 6.71. The number of imidazole rings is 1. The topological polar surface area (TPSA) is 88.6 Å².